The van der Waals surface area contributed by atoms with Crippen molar-refractivity contribution < 1.29 is 14.7 Å². The smallest absolute Gasteiger partial charge is 0.256 e. The molecule has 0 saturated carbocycles. The SMILES string of the molecule is CCN1CN(C(=O)C(C)(O)CCc2ccccc2)CC1=O. The van der Waals surface area contributed by atoms with E-state index in [2.05, 4.69) is 0 Å². The highest BCUT2D eigenvalue weighted by molar-refractivity contribution is 5.91. The number of aliphatic hydroxyl groups is 1. The fraction of sp³-hybridized carbons (Fsp3) is 0.500. The van der Waals surface area contributed by atoms with Gasteiger partial charge < -0.3 is 14.9 Å². The zero-order valence-electron chi connectivity index (χ0n) is 12.6. The molecule has 1 saturated heterocycles. The molecule has 0 radical (unpaired) electrons. The van der Waals surface area contributed by atoms with Crippen molar-refractivity contribution in [3.8, 4) is 0 Å². The number of amides is 2. The molecule has 5 nitrogen and oxygen atoms in total. The Morgan fingerprint density at radius 2 is 2.00 bits per heavy atom. The standard InChI is InChI=1S/C16H22N2O3/c1-3-17-12-18(11-14(17)19)15(20)16(2,21)10-9-13-7-5-4-6-8-13/h4-8,21H,3,9-12H2,1-2H3. The molecule has 1 aliphatic rings. The van der Waals surface area contributed by atoms with E-state index in [1.54, 1.807) is 4.90 Å². The molecule has 114 valence electrons. The van der Waals surface area contributed by atoms with Gasteiger partial charge in [0.1, 0.15) is 12.1 Å². The molecule has 2 amide bonds. The Kier molecular flexibility index (Phi) is 4.63. The molecule has 1 unspecified atom stereocenters. The van der Waals surface area contributed by atoms with Crippen molar-refractivity contribution >= 4 is 11.8 Å². The zero-order valence-corrected chi connectivity index (χ0v) is 12.6. The monoisotopic (exact) mass is 290 g/mol. The van der Waals surface area contributed by atoms with Crippen LogP contribution in [0, 0.1) is 0 Å². The summed E-state index contributed by atoms with van der Waals surface area (Å²) >= 11 is 0. The van der Waals surface area contributed by atoms with E-state index < -0.39 is 5.60 Å². The number of hydrogen-bond acceptors (Lipinski definition) is 3. The lowest BCUT2D eigenvalue weighted by Crippen LogP contribution is -2.47. The zero-order chi connectivity index (χ0) is 15.5. The fourth-order valence-corrected chi connectivity index (χ4v) is 2.49. The third-order valence-corrected chi connectivity index (χ3v) is 3.89. The molecule has 1 N–H and O–H groups in total. The summed E-state index contributed by atoms with van der Waals surface area (Å²) in [6.07, 6.45) is 0.964. The van der Waals surface area contributed by atoms with Crippen LogP contribution in [0.15, 0.2) is 30.3 Å². The third-order valence-electron chi connectivity index (χ3n) is 3.89. The van der Waals surface area contributed by atoms with Gasteiger partial charge in [-0.2, -0.15) is 0 Å². The molecule has 0 bridgehead atoms. The number of carbonyl (C=O) groups excluding carboxylic acids is 2. The predicted octanol–water partition coefficient (Wildman–Crippen LogP) is 1.02. The minimum atomic E-state index is -1.44. The Hall–Kier alpha value is -1.88. The van der Waals surface area contributed by atoms with Gasteiger partial charge >= 0.3 is 0 Å². The Morgan fingerprint density at radius 1 is 1.33 bits per heavy atom. The van der Waals surface area contributed by atoms with E-state index in [-0.39, 0.29) is 25.0 Å². The first-order valence-corrected chi connectivity index (χ1v) is 7.27. The van der Waals surface area contributed by atoms with Crippen LogP contribution in [0.25, 0.3) is 0 Å². The van der Waals surface area contributed by atoms with Crippen molar-refractivity contribution in [2.24, 2.45) is 0 Å². The number of likely N-dealkylation sites (N-methyl/N-ethyl adjacent to an activating group) is 1. The average Bonchev–Trinajstić information content (AvgIpc) is 2.86. The van der Waals surface area contributed by atoms with Gasteiger partial charge in [-0.15, -0.1) is 0 Å². The van der Waals surface area contributed by atoms with Crippen LogP contribution in [-0.4, -0.2) is 52.1 Å². The molecule has 1 atom stereocenters. The summed E-state index contributed by atoms with van der Waals surface area (Å²) in [5.41, 5.74) is -0.363. The van der Waals surface area contributed by atoms with Crippen molar-refractivity contribution in [2.75, 3.05) is 19.8 Å². The van der Waals surface area contributed by atoms with Gasteiger partial charge in [0.2, 0.25) is 5.91 Å². The number of aryl methyl sites for hydroxylation is 1. The van der Waals surface area contributed by atoms with Crippen molar-refractivity contribution in [1.29, 1.82) is 0 Å². The number of rotatable bonds is 5. The van der Waals surface area contributed by atoms with Gasteiger partial charge in [0, 0.05) is 6.54 Å². The van der Waals surface area contributed by atoms with E-state index in [1.165, 1.54) is 11.8 Å². The second-order valence-electron chi connectivity index (χ2n) is 5.65. The first-order chi connectivity index (χ1) is 9.94. The highest BCUT2D eigenvalue weighted by Crippen LogP contribution is 2.19. The number of carbonyl (C=O) groups is 2. The minimum Gasteiger partial charge on any atom is -0.380 e. The molecule has 1 aliphatic heterocycles. The summed E-state index contributed by atoms with van der Waals surface area (Å²) in [5.74, 6) is -0.438. The lowest BCUT2D eigenvalue weighted by atomic mass is 9.95. The van der Waals surface area contributed by atoms with E-state index in [9.17, 15) is 14.7 Å². The van der Waals surface area contributed by atoms with Crippen LogP contribution in [-0.2, 0) is 16.0 Å². The molecular weight excluding hydrogens is 268 g/mol. The summed E-state index contributed by atoms with van der Waals surface area (Å²) < 4.78 is 0. The van der Waals surface area contributed by atoms with Gasteiger partial charge in [-0.3, -0.25) is 9.59 Å². The molecule has 0 aliphatic carbocycles. The van der Waals surface area contributed by atoms with Crippen LogP contribution in [0.5, 0.6) is 0 Å². The van der Waals surface area contributed by atoms with Crippen molar-refractivity contribution in [2.45, 2.75) is 32.3 Å². The number of hydrogen-bond donors (Lipinski definition) is 1. The quantitative estimate of drug-likeness (QED) is 0.880. The van der Waals surface area contributed by atoms with Gasteiger partial charge in [-0.25, -0.2) is 0 Å². The first kappa shape index (κ1) is 15.5. The van der Waals surface area contributed by atoms with Crippen LogP contribution in [0.4, 0.5) is 0 Å². The minimum absolute atomic E-state index is 0.0637. The van der Waals surface area contributed by atoms with E-state index in [0.29, 0.717) is 19.4 Å². The van der Waals surface area contributed by atoms with E-state index >= 15 is 0 Å². The van der Waals surface area contributed by atoms with Crippen molar-refractivity contribution in [3.63, 3.8) is 0 Å². The maximum absolute atomic E-state index is 12.4. The Bertz CT molecular complexity index is 514. The second-order valence-corrected chi connectivity index (χ2v) is 5.65. The van der Waals surface area contributed by atoms with E-state index in [4.69, 9.17) is 0 Å². The van der Waals surface area contributed by atoms with Gasteiger partial charge in [0.05, 0.1) is 6.67 Å². The summed E-state index contributed by atoms with van der Waals surface area (Å²) in [7, 11) is 0. The van der Waals surface area contributed by atoms with Crippen LogP contribution < -0.4 is 0 Å². The van der Waals surface area contributed by atoms with Gasteiger partial charge in [0.25, 0.3) is 5.91 Å². The molecule has 0 spiro atoms. The summed E-state index contributed by atoms with van der Waals surface area (Å²) in [6, 6.07) is 9.74. The third kappa shape index (κ3) is 3.61. The van der Waals surface area contributed by atoms with Crippen molar-refractivity contribution in [3.05, 3.63) is 35.9 Å². The summed E-state index contributed by atoms with van der Waals surface area (Å²) in [5, 5.41) is 10.4. The van der Waals surface area contributed by atoms with Crippen LogP contribution in [0.3, 0.4) is 0 Å². The van der Waals surface area contributed by atoms with Gasteiger partial charge in [0.15, 0.2) is 0 Å². The maximum Gasteiger partial charge on any atom is 0.256 e. The molecule has 2 rings (SSSR count). The molecule has 1 aromatic carbocycles. The summed E-state index contributed by atoms with van der Waals surface area (Å²) in [4.78, 5) is 27.1. The van der Waals surface area contributed by atoms with Crippen molar-refractivity contribution in [1.82, 2.24) is 9.80 Å². The van der Waals surface area contributed by atoms with Crippen LogP contribution in [0.2, 0.25) is 0 Å². The number of benzene rings is 1. The molecular formula is C16H22N2O3. The van der Waals surface area contributed by atoms with Gasteiger partial charge in [-0.05, 0) is 32.3 Å². The molecule has 21 heavy (non-hydrogen) atoms. The highest BCUT2D eigenvalue weighted by Gasteiger charge is 2.39. The lowest BCUT2D eigenvalue weighted by Gasteiger charge is -2.27. The maximum atomic E-state index is 12.4. The molecule has 5 heteroatoms. The molecule has 1 fully saturated rings. The fourth-order valence-electron chi connectivity index (χ4n) is 2.49. The van der Waals surface area contributed by atoms with Crippen LogP contribution >= 0.6 is 0 Å². The molecule has 1 heterocycles. The molecule has 0 aromatic heterocycles. The molecule has 1 aromatic rings. The first-order valence-electron chi connectivity index (χ1n) is 7.27. The highest BCUT2D eigenvalue weighted by atomic mass is 16.3. The Balaban J connectivity index is 1.96. The Morgan fingerprint density at radius 3 is 2.57 bits per heavy atom. The summed E-state index contributed by atoms with van der Waals surface area (Å²) in [6.45, 7) is 4.31. The average molecular weight is 290 g/mol. The number of nitrogens with zero attached hydrogens (tertiary/aromatic N) is 2. The largest absolute Gasteiger partial charge is 0.380 e. The van der Waals surface area contributed by atoms with Crippen LogP contribution in [0.1, 0.15) is 25.8 Å². The van der Waals surface area contributed by atoms with E-state index in [1.807, 2.05) is 37.3 Å². The van der Waals surface area contributed by atoms with Gasteiger partial charge in [-0.1, -0.05) is 30.3 Å². The topological polar surface area (TPSA) is 60.9 Å². The lowest BCUT2D eigenvalue weighted by molar-refractivity contribution is -0.149. The Labute approximate surface area is 125 Å². The second kappa shape index (κ2) is 6.26. The normalized spacial score (nSPS) is 18.0. The van der Waals surface area contributed by atoms with E-state index in [0.717, 1.165) is 5.56 Å². The predicted molar refractivity (Wildman–Crippen MR) is 79.4 cm³/mol.